The Hall–Kier alpha value is -2.93. The SMILES string of the molecule is Cn1c(-n2ncnc2N)nc2cncc(-c3ccccc3Cl)c21. The highest BCUT2D eigenvalue weighted by Crippen LogP contribution is 2.33. The smallest absolute Gasteiger partial charge is 0.234 e. The first-order valence-electron chi connectivity index (χ1n) is 6.88. The maximum absolute atomic E-state index is 6.34. The molecule has 0 spiro atoms. The van der Waals surface area contributed by atoms with Crippen molar-refractivity contribution in [1.82, 2.24) is 29.3 Å². The van der Waals surface area contributed by atoms with E-state index in [-0.39, 0.29) is 5.95 Å². The van der Waals surface area contributed by atoms with E-state index in [2.05, 4.69) is 20.1 Å². The predicted octanol–water partition coefficient (Wildman–Crippen LogP) is 2.45. The number of nitrogens with two attached hydrogens (primary N) is 1. The van der Waals surface area contributed by atoms with Gasteiger partial charge in [0.05, 0.1) is 11.7 Å². The van der Waals surface area contributed by atoms with Gasteiger partial charge < -0.3 is 10.3 Å². The largest absolute Gasteiger partial charge is 0.368 e. The molecule has 4 aromatic rings. The van der Waals surface area contributed by atoms with Crippen molar-refractivity contribution in [2.75, 3.05) is 5.73 Å². The van der Waals surface area contributed by atoms with Crippen LogP contribution in [-0.4, -0.2) is 29.3 Å². The van der Waals surface area contributed by atoms with Gasteiger partial charge in [-0.3, -0.25) is 4.98 Å². The van der Waals surface area contributed by atoms with E-state index in [1.54, 1.807) is 12.4 Å². The number of nitrogens with zero attached hydrogens (tertiary/aromatic N) is 6. The summed E-state index contributed by atoms with van der Waals surface area (Å²) in [4.78, 5) is 12.8. The van der Waals surface area contributed by atoms with Crippen molar-refractivity contribution in [1.29, 1.82) is 0 Å². The molecule has 114 valence electrons. The van der Waals surface area contributed by atoms with Gasteiger partial charge in [0.2, 0.25) is 11.9 Å². The number of benzene rings is 1. The Morgan fingerprint density at radius 1 is 1.13 bits per heavy atom. The molecule has 7 nitrogen and oxygen atoms in total. The number of imidazole rings is 1. The highest BCUT2D eigenvalue weighted by molar-refractivity contribution is 6.33. The number of aryl methyl sites for hydroxylation is 1. The van der Waals surface area contributed by atoms with Crippen LogP contribution in [0.3, 0.4) is 0 Å². The van der Waals surface area contributed by atoms with Crippen LogP contribution in [0.4, 0.5) is 5.95 Å². The summed E-state index contributed by atoms with van der Waals surface area (Å²) in [5, 5.41) is 4.77. The Bertz CT molecular complexity index is 1020. The maximum Gasteiger partial charge on any atom is 0.234 e. The molecule has 0 aliphatic rings. The van der Waals surface area contributed by atoms with Gasteiger partial charge in [-0.05, 0) is 6.07 Å². The first-order chi connectivity index (χ1) is 11.2. The van der Waals surface area contributed by atoms with Gasteiger partial charge in [-0.1, -0.05) is 29.8 Å². The number of hydrogen-bond donors (Lipinski definition) is 1. The third kappa shape index (κ3) is 2.05. The molecule has 0 saturated carbocycles. The van der Waals surface area contributed by atoms with Crippen molar-refractivity contribution < 1.29 is 0 Å². The Labute approximate surface area is 136 Å². The lowest BCUT2D eigenvalue weighted by Crippen LogP contribution is -2.08. The van der Waals surface area contributed by atoms with E-state index in [0.29, 0.717) is 11.0 Å². The van der Waals surface area contributed by atoms with Crippen LogP contribution in [0.25, 0.3) is 28.1 Å². The second kappa shape index (κ2) is 5.06. The third-order valence-electron chi connectivity index (χ3n) is 3.68. The van der Waals surface area contributed by atoms with Gasteiger partial charge >= 0.3 is 0 Å². The molecule has 0 radical (unpaired) electrons. The van der Waals surface area contributed by atoms with Crippen LogP contribution in [0.15, 0.2) is 43.0 Å². The lowest BCUT2D eigenvalue weighted by atomic mass is 10.1. The summed E-state index contributed by atoms with van der Waals surface area (Å²) < 4.78 is 3.39. The zero-order valence-electron chi connectivity index (χ0n) is 12.2. The number of fused-ring (bicyclic) bond motifs is 1. The lowest BCUT2D eigenvalue weighted by molar-refractivity contribution is 0.768. The van der Waals surface area contributed by atoms with Gasteiger partial charge in [0, 0.05) is 29.4 Å². The highest BCUT2D eigenvalue weighted by Gasteiger charge is 2.17. The molecular weight excluding hydrogens is 314 g/mol. The zero-order valence-corrected chi connectivity index (χ0v) is 12.9. The third-order valence-corrected chi connectivity index (χ3v) is 4.01. The molecule has 0 aliphatic carbocycles. The predicted molar refractivity (Wildman–Crippen MR) is 88.3 cm³/mol. The number of aromatic nitrogens is 6. The highest BCUT2D eigenvalue weighted by atomic mass is 35.5. The summed E-state index contributed by atoms with van der Waals surface area (Å²) in [6.45, 7) is 0. The van der Waals surface area contributed by atoms with Gasteiger partial charge in [0.15, 0.2) is 0 Å². The number of anilines is 1. The molecule has 23 heavy (non-hydrogen) atoms. The summed E-state index contributed by atoms with van der Waals surface area (Å²) in [5.41, 5.74) is 9.26. The van der Waals surface area contributed by atoms with Crippen molar-refractivity contribution in [2.45, 2.75) is 0 Å². The second-order valence-electron chi connectivity index (χ2n) is 5.04. The monoisotopic (exact) mass is 325 g/mol. The molecule has 3 aromatic heterocycles. The summed E-state index contributed by atoms with van der Waals surface area (Å²) >= 11 is 6.34. The molecule has 8 heteroatoms. The van der Waals surface area contributed by atoms with Crippen LogP contribution in [0.2, 0.25) is 5.02 Å². The summed E-state index contributed by atoms with van der Waals surface area (Å²) in [6, 6.07) is 7.63. The van der Waals surface area contributed by atoms with Crippen LogP contribution < -0.4 is 5.73 Å². The van der Waals surface area contributed by atoms with Crippen LogP contribution >= 0.6 is 11.6 Å². The fourth-order valence-electron chi connectivity index (χ4n) is 2.63. The number of rotatable bonds is 2. The molecule has 0 amide bonds. The number of nitrogen functional groups attached to an aromatic ring is 1. The van der Waals surface area contributed by atoms with Crippen LogP contribution in [-0.2, 0) is 7.05 Å². The first kappa shape index (κ1) is 13.7. The number of hydrogen-bond acceptors (Lipinski definition) is 5. The molecule has 3 heterocycles. The molecule has 0 aliphatic heterocycles. The fraction of sp³-hybridized carbons (Fsp3) is 0.0667. The molecule has 0 saturated heterocycles. The van der Waals surface area contributed by atoms with E-state index in [9.17, 15) is 0 Å². The average Bonchev–Trinajstić information content (AvgIpc) is 3.11. The van der Waals surface area contributed by atoms with Crippen LogP contribution in [0.1, 0.15) is 0 Å². The minimum Gasteiger partial charge on any atom is -0.368 e. The van der Waals surface area contributed by atoms with Gasteiger partial charge in [-0.2, -0.15) is 14.8 Å². The zero-order chi connectivity index (χ0) is 16.0. The quantitative estimate of drug-likeness (QED) is 0.611. The summed E-state index contributed by atoms with van der Waals surface area (Å²) in [5.74, 6) is 0.840. The fourth-order valence-corrected chi connectivity index (χ4v) is 2.87. The van der Waals surface area contributed by atoms with E-state index < -0.39 is 0 Å². The minimum atomic E-state index is 0.274. The number of pyridine rings is 1. The summed E-state index contributed by atoms with van der Waals surface area (Å²) in [6.07, 6.45) is 4.87. The van der Waals surface area contributed by atoms with Crippen molar-refractivity contribution in [3.05, 3.63) is 48.0 Å². The average molecular weight is 326 g/mol. The Kier molecular flexibility index (Phi) is 3.02. The van der Waals surface area contributed by atoms with Gasteiger partial charge in [0.1, 0.15) is 11.8 Å². The summed E-state index contributed by atoms with van der Waals surface area (Å²) in [7, 11) is 1.89. The maximum atomic E-state index is 6.34. The van der Waals surface area contributed by atoms with Crippen molar-refractivity contribution >= 4 is 28.6 Å². The topological polar surface area (TPSA) is 87.4 Å². The van der Waals surface area contributed by atoms with E-state index in [4.69, 9.17) is 17.3 Å². The normalized spacial score (nSPS) is 11.2. The Morgan fingerprint density at radius 2 is 1.96 bits per heavy atom. The van der Waals surface area contributed by atoms with Crippen LogP contribution in [0, 0.1) is 0 Å². The molecule has 0 fully saturated rings. The molecule has 1 aromatic carbocycles. The van der Waals surface area contributed by atoms with Gasteiger partial charge in [-0.15, -0.1) is 0 Å². The van der Waals surface area contributed by atoms with Crippen molar-refractivity contribution in [3.8, 4) is 17.1 Å². The van der Waals surface area contributed by atoms with Crippen LogP contribution in [0.5, 0.6) is 0 Å². The molecule has 0 atom stereocenters. The Morgan fingerprint density at radius 3 is 2.70 bits per heavy atom. The minimum absolute atomic E-state index is 0.274. The van der Waals surface area contributed by atoms with E-state index in [0.717, 1.165) is 22.2 Å². The van der Waals surface area contributed by atoms with Gasteiger partial charge in [0.25, 0.3) is 0 Å². The van der Waals surface area contributed by atoms with E-state index in [1.165, 1.54) is 11.0 Å². The molecular formula is C15H12ClN7. The Balaban J connectivity index is 2.04. The molecule has 0 bridgehead atoms. The second-order valence-corrected chi connectivity index (χ2v) is 5.44. The van der Waals surface area contributed by atoms with E-state index in [1.807, 2.05) is 35.9 Å². The molecule has 0 unspecified atom stereocenters. The lowest BCUT2D eigenvalue weighted by Gasteiger charge is -2.08. The molecule has 2 N–H and O–H groups in total. The first-order valence-corrected chi connectivity index (χ1v) is 7.26. The number of halogens is 1. The van der Waals surface area contributed by atoms with Crippen molar-refractivity contribution in [3.63, 3.8) is 0 Å². The van der Waals surface area contributed by atoms with Gasteiger partial charge in [-0.25, -0.2) is 4.98 Å². The van der Waals surface area contributed by atoms with Crippen molar-refractivity contribution in [2.24, 2.45) is 7.05 Å². The molecule has 4 rings (SSSR count). The van der Waals surface area contributed by atoms with E-state index >= 15 is 0 Å². The standard InChI is InChI=1S/C15H12ClN7/c1-22-13-10(9-4-2-3-5-11(9)16)6-18-7-12(13)21-15(22)23-14(17)19-8-20-23/h2-8H,1H3,(H2,17,19,20).